The summed E-state index contributed by atoms with van der Waals surface area (Å²) in [4.78, 5) is 40.3. The molecule has 0 bridgehead atoms. The summed E-state index contributed by atoms with van der Waals surface area (Å²) in [5.41, 5.74) is 1.58. The normalized spacial score (nSPS) is 19.5. The van der Waals surface area contributed by atoms with Gasteiger partial charge in [-0.25, -0.2) is 14.8 Å². The van der Waals surface area contributed by atoms with Gasteiger partial charge in [-0.05, 0) is 31.9 Å². The van der Waals surface area contributed by atoms with E-state index in [0.717, 1.165) is 29.7 Å². The first-order chi connectivity index (χ1) is 13.6. The van der Waals surface area contributed by atoms with Gasteiger partial charge < -0.3 is 14.5 Å². The molecule has 1 unspecified atom stereocenters. The number of amides is 2. The first kappa shape index (κ1) is 18.5. The summed E-state index contributed by atoms with van der Waals surface area (Å²) in [5, 5.41) is 0. The molecule has 1 aromatic carbocycles. The van der Waals surface area contributed by atoms with E-state index in [9.17, 15) is 9.59 Å². The highest BCUT2D eigenvalue weighted by molar-refractivity contribution is 5.99. The molecule has 2 aliphatic heterocycles. The van der Waals surface area contributed by atoms with Crippen LogP contribution < -0.4 is 9.80 Å². The number of likely N-dealkylation sites (tertiary alicyclic amines) is 1. The van der Waals surface area contributed by atoms with Gasteiger partial charge in [0.1, 0.15) is 0 Å². The van der Waals surface area contributed by atoms with Crippen LogP contribution in [0.5, 0.6) is 0 Å². The fourth-order valence-electron chi connectivity index (χ4n) is 3.87. The number of likely N-dealkylation sites (N-methyl/N-ethyl adjacent to an activating group) is 1. The second kappa shape index (κ2) is 7.61. The Balaban J connectivity index is 1.61. The summed E-state index contributed by atoms with van der Waals surface area (Å²) in [6, 6.07) is 7.68. The van der Waals surface area contributed by atoms with Gasteiger partial charge in [0, 0.05) is 33.2 Å². The van der Waals surface area contributed by atoms with Crippen LogP contribution in [0, 0.1) is 5.92 Å². The Morgan fingerprint density at radius 1 is 1.11 bits per heavy atom. The first-order valence-electron chi connectivity index (χ1n) is 9.79. The standard InChI is InChI=1S/C20H25N5O3/c1-3-28-20(27)24-10-6-7-14(13-24)19(26)25-12-11-23(2)17-18(25)22-16-9-5-4-8-15(16)21-17/h4-5,8-9,14H,3,6-7,10-13H2,1-2H3. The molecule has 0 radical (unpaired) electrons. The third kappa shape index (κ3) is 3.34. The van der Waals surface area contributed by atoms with Crippen LogP contribution in [0.3, 0.4) is 0 Å². The molecular formula is C20H25N5O3. The molecule has 2 amide bonds. The fourth-order valence-corrected chi connectivity index (χ4v) is 3.87. The van der Waals surface area contributed by atoms with Crippen LogP contribution in [0.2, 0.25) is 0 Å². The highest BCUT2D eigenvalue weighted by Crippen LogP contribution is 2.32. The minimum atomic E-state index is -0.343. The van der Waals surface area contributed by atoms with Gasteiger partial charge in [-0.3, -0.25) is 9.69 Å². The maximum absolute atomic E-state index is 13.3. The van der Waals surface area contributed by atoms with E-state index in [1.54, 1.807) is 16.7 Å². The minimum Gasteiger partial charge on any atom is -0.450 e. The van der Waals surface area contributed by atoms with Gasteiger partial charge in [-0.15, -0.1) is 0 Å². The first-order valence-corrected chi connectivity index (χ1v) is 9.79. The minimum absolute atomic E-state index is 0.00734. The van der Waals surface area contributed by atoms with Crippen molar-refractivity contribution in [2.45, 2.75) is 19.8 Å². The molecule has 4 rings (SSSR count). The molecule has 1 atom stereocenters. The summed E-state index contributed by atoms with van der Waals surface area (Å²) in [5.74, 6) is 1.08. The molecule has 8 heteroatoms. The van der Waals surface area contributed by atoms with Crippen molar-refractivity contribution in [3.8, 4) is 0 Å². The number of para-hydroxylation sites is 2. The number of anilines is 2. The van der Waals surface area contributed by atoms with Crippen LogP contribution >= 0.6 is 0 Å². The Kier molecular flexibility index (Phi) is 5.02. The van der Waals surface area contributed by atoms with Crippen molar-refractivity contribution >= 4 is 34.7 Å². The molecule has 1 aromatic heterocycles. The second-order valence-corrected chi connectivity index (χ2v) is 7.26. The average molecular weight is 383 g/mol. The van der Waals surface area contributed by atoms with Crippen LogP contribution in [-0.4, -0.2) is 66.7 Å². The number of hydrogen-bond acceptors (Lipinski definition) is 6. The third-order valence-corrected chi connectivity index (χ3v) is 5.37. The number of hydrogen-bond donors (Lipinski definition) is 0. The zero-order chi connectivity index (χ0) is 19.7. The Morgan fingerprint density at radius 3 is 2.54 bits per heavy atom. The van der Waals surface area contributed by atoms with Crippen LogP contribution in [0.1, 0.15) is 19.8 Å². The predicted molar refractivity (Wildman–Crippen MR) is 106 cm³/mol. The lowest BCUT2D eigenvalue weighted by Gasteiger charge is -2.38. The maximum atomic E-state index is 13.3. The summed E-state index contributed by atoms with van der Waals surface area (Å²) in [6.45, 7) is 4.40. The van der Waals surface area contributed by atoms with Crippen LogP contribution in [-0.2, 0) is 9.53 Å². The summed E-state index contributed by atoms with van der Waals surface area (Å²) >= 11 is 0. The Labute approximate surface area is 164 Å². The number of carbonyl (C=O) groups excluding carboxylic acids is 2. The highest BCUT2D eigenvalue weighted by Gasteiger charge is 2.36. The highest BCUT2D eigenvalue weighted by atomic mass is 16.6. The lowest BCUT2D eigenvalue weighted by atomic mass is 9.96. The summed E-state index contributed by atoms with van der Waals surface area (Å²) in [7, 11) is 1.97. The van der Waals surface area contributed by atoms with Crippen molar-refractivity contribution in [1.29, 1.82) is 0 Å². The fraction of sp³-hybridized carbons (Fsp3) is 0.500. The Bertz CT molecular complexity index is 903. The van der Waals surface area contributed by atoms with Crippen LogP contribution in [0.25, 0.3) is 11.0 Å². The number of fused-ring (bicyclic) bond motifs is 2. The van der Waals surface area contributed by atoms with Gasteiger partial charge in [-0.1, -0.05) is 12.1 Å². The van der Waals surface area contributed by atoms with Gasteiger partial charge in [0.05, 0.1) is 23.6 Å². The topological polar surface area (TPSA) is 78.9 Å². The third-order valence-electron chi connectivity index (χ3n) is 5.37. The lowest BCUT2D eigenvalue weighted by molar-refractivity contribution is -0.123. The van der Waals surface area contributed by atoms with Gasteiger partial charge >= 0.3 is 6.09 Å². The molecule has 0 spiro atoms. The predicted octanol–water partition coefficient (Wildman–Crippen LogP) is 2.28. The van der Waals surface area contributed by atoms with E-state index in [1.165, 1.54) is 0 Å². The zero-order valence-corrected chi connectivity index (χ0v) is 16.3. The van der Waals surface area contributed by atoms with E-state index in [-0.39, 0.29) is 17.9 Å². The Morgan fingerprint density at radius 2 is 1.82 bits per heavy atom. The summed E-state index contributed by atoms with van der Waals surface area (Å²) in [6.07, 6.45) is 1.21. The monoisotopic (exact) mass is 383 g/mol. The molecule has 0 aliphatic carbocycles. The molecule has 1 saturated heterocycles. The molecule has 1 fully saturated rings. The van der Waals surface area contributed by atoms with Crippen molar-refractivity contribution in [2.24, 2.45) is 5.92 Å². The molecule has 148 valence electrons. The second-order valence-electron chi connectivity index (χ2n) is 7.26. The number of piperidine rings is 1. The molecule has 28 heavy (non-hydrogen) atoms. The molecule has 8 nitrogen and oxygen atoms in total. The zero-order valence-electron chi connectivity index (χ0n) is 16.3. The number of ether oxygens (including phenoxy) is 1. The molecule has 0 saturated carbocycles. The van der Waals surface area contributed by atoms with Crippen molar-refractivity contribution in [3.63, 3.8) is 0 Å². The van der Waals surface area contributed by atoms with Gasteiger partial charge in [0.25, 0.3) is 0 Å². The van der Waals surface area contributed by atoms with Gasteiger partial charge in [-0.2, -0.15) is 0 Å². The van der Waals surface area contributed by atoms with E-state index < -0.39 is 0 Å². The van der Waals surface area contributed by atoms with Crippen molar-refractivity contribution in [3.05, 3.63) is 24.3 Å². The molecular weight excluding hydrogens is 358 g/mol. The van der Waals surface area contributed by atoms with E-state index in [4.69, 9.17) is 14.7 Å². The largest absolute Gasteiger partial charge is 0.450 e. The molecule has 0 N–H and O–H groups in total. The van der Waals surface area contributed by atoms with Crippen LogP contribution in [0.15, 0.2) is 24.3 Å². The van der Waals surface area contributed by atoms with E-state index in [0.29, 0.717) is 38.6 Å². The van der Waals surface area contributed by atoms with Crippen molar-refractivity contribution in [1.82, 2.24) is 14.9 Å². The Hall–Kier alpha value is -2.90. The molecule has 2 aromatic rings. The van der Waals surface area contributed by atoms with E-state index in [1.807, 2.05) is 36.2 Å². The molecule has 3 heterocycles. The van der Waals surface area contributed by atoms with E-state index in [2.05, 4.69) is 0 Å². The number of carbonyl (C=O) groups is 2. The van der Waals surface area contributed by atoms with Crippen molar-refractivity contribution in [2.75, 3.05) is 49.6 Å². The van der Waals surface area contributed by atoms with Gasteiger partial charge in [0.15, 0.2) is 11.6 Å². The number of rotatable bonds is 2. The lowest BCUT2D eigenvalue weighted by Crippen LogP contribution is -2.50. The smallest absolute Gasteiger partial charge is 0.409 e. The molecule has 2 aliphatic rings. The SMILES string of the molecule is CCOC(=O)N1CCCC(C(=O)N2CCN(C)c3nc4ccccc4nc32)C1. The number of nitrogens with zero attached hydrogens (tertiary/aromatic N) is 5. The van der Waals surface area contributed by atoms with Crippen molar-refractivity contribution < 1.29 is 14.3 Å². The average Bonchev–Trinajstić information content (AvgIpc) is 2.73. The number of aromatic nitrogens is 2. The van der Waals surface area contributed by atoms with E-state index >= 15 is 0 Å². The number of benzene rings is 1. The summed E-state index contributed by atoms with van der Waals surface area (Å²) < 4.78 is 5.11. The maximum Gasteiger partial charge on any atom is 0.409 e. The van der Waals surface area contributed by atoms with Gasteiger partial charge in [0.2, 0.25) is 5.91 Å². The quantitative estimate of drug-likeness (QED) is 0.792. The van der Waals surface area contributed by atoms with Crippen LogP contribution in [0.4, 0.5) is 16.4 Å².